The van der Waals surface area contributed by atoms with E-state index in [0.29, 0.717) is 11.8 Å². The van der Waals surface area contributed by atoms with Crippen molar-refractivity contribution in [3.8, 4) is 0 Å². The van der Waals surface area contributed by atoms with Crippen molar-refractivity contribution < 1.29 is 14.3 Å². The number of rotatable bonds is 12. The molecule has 0 aromatic carbocycles. The Bertz CT molecular complexity index is 711. The van der Waals surface area contributed by atoms with Crippen LogP contribution in [0.15, 0.2) is 110 Å². The summed E-state index contributed by atoms with van der Waals surface area (Å²) in [4.78, 5) is 10.4. The van der Waals surface area contributed by atoms with Gasteiger partial charge in [0.15, 0.2) is 0 Å². The lowest BCUT2D eigenvalue weighted by Gasteiger charge is -2.10. The van der Waals surface area contributed by atoms with Gasteiger partial charge in [0.25, 0.3) is 0 Å². The molecule has 1 unspecified atom stereocenters. The maximum absolute atomic E-state index is 10.4. The monoisotopic (exact) mass is 482 g/mol. The van der Waals surface area contributed by atoms with Crippen LogP contribution in [0, 0.1) is 17.8 Å². The molecule has 3 nitrogen and oxygen atoms in total. The molecule has 0 aliphatic carbocycles. The molecule has 0 saturated heterocycles. The van der Waals surface area contributed by atoms with Gasteiger partial charge in [-0.05, 0) is 51.0 Å². The molecule has 3 heteroatoms. The van der Waals surface area contributed by atoms with Crippen molar-refractivity contribution in [2.45, 2.75) is 54.9 Å². The quantitative estimate of drug-likeness (QED) is 0.158. The second-order valence-corrected chi connectivity index (χ2v) is 8.04. The summed E-state index contributed by atoms with van der Waals surface area (Å²) >= 11 is 0. The maximum Gasteiger partial charge on any atom is 0.508 e. The van der Waals surface area contributed by atoms with Crippen molar-refractivity contribution in [2.75, 3.05) is 13.7 Å². The third-order valence-electron chi connectivity index (χ3n) is 4.07. The van der Waals surface area contributed by atoms with Crippen LogP contribution >= 0.6 is 0 Å². The molecule has 0 spiro atoms. The summed E-state index contributed by atoms with van der Waals surface area (Å²) in [6, 6.07) is 0. The lowest BCUT2D eigenvalue weighted by atomic mass is 9.96. The van der Waals surface area contributed by atoms with Crippen LogP contribution in [0.4, 0.5) is 4.79 Å². The highest BCUT2D eigenvalue weighted by Gasteiger charge is 2.02. The fourth-order valence-electron chi connectivity index (χ4n) is 2.09. The van der Waals surface area contributed by atoms with Gasteiger partial charge < -0.3 is 9.47 Å². The first kappa shape index (κ1) is 36.5. The zero-order chi connectivity index (χ0) is 27.2. The molecule has 1 atom stereocenters. The van der Waals surface area contributed by atoms with Gasteiger partial charge in [-0.25, -0.2) is 4.79 Å². The Morgan fingerprint density at radius 3 is 1.66 bits per heavy atom. The molecule has 35 heavy (non-hydrogen) atoms. The van der Waals surface area contributed by atoms with Crippen molar-refractivity contribution in [3.05, 3.63) is 110 Å². The predicted octanol–water partition coefficient (Wildman–Crippen LogP) is 9.76. The molecule has 0 aromatic heterocycles. The molecule has 0 aromatic rings. The van der Waals surface area contributed by atoms with Crippen molar-refractivity contribution in [1.29, 1.82) is 0 Å². The highest BCUT2D eigenvalue weighted by atomic mass is 16.7. The molecule has 0 amide bonds. The highest BCUT2D eigenvalue weighted by Crippen LogP contribution is 2.12. The number of hydrogen-bond donors (Lipinski definition) is 0. The van der Waals surface area contributed by atoms with E-state index in [1.54, 1.807) is 12.2 Å². The normalized spacial score (nSPS) is 13.1. The molecular formula is C32H50O3. The summed E-state index contributed by atoms with van der Waals surface area (Å²) in [7, 11) is 1.28. The lowest BCUT2D eigenvalue weighted by molar-refractivity contribution is 0.0818. The first-order valence-electron chi connectivity index (χ1n) is 12.3. The van der Waals surface area contributed by atoms with Crippen molar-refractivity contribution in [1.82, 2.24) is 0 Å². The zero-order valence-corrected chi connectivity index (χ0v) is 23.4. The van der Waals surface area contributed by atoms with Gasteiger partial charge in [0.2, 0.25) is 0 Å². The Labute approximate surface area is 216 Å². The average molecular weight is 483 g/mol. The molecule has 196 valence electrons. The number of carbonyl (C=O) groups is 1. The Balaban J connectivity index is -0.000000441. The summed E-state index contributed by atoms with van der Waals surface area (Å²) in [6.45, 7) is 18.8. The number of methoxy groups -OCH3 is 1. The molecule has 0 heterocycles. The SMILES string of the molecule is C/C=C/C=C/C=C/CC(C)C.C/C=C/C=C/C=C/COC(=O)OC.C=CC(/C=C/C=C/C)C(C)C. The summed E-state index contributed by atoms with van der Waals surface area (Å²) in [5.74, 6) is 1.92. The summed E-state index contributed by atoms with van der Waals surface area (Å²) in [5, 5.41) is 0. The van der Waals surface area contributed by atoms with Crippen LogP contribution < -0.4 is 0 Å². The van der Waals surface area contributed by atoms with Crippen molar-refractivity contribution in [2.24, 2.45) is 17.8 Å². The van der Waals surface area contributed by atoms with E-state index < -0.39 is 6.16 Å². The standard InChI is InChI=1S/2C11H18.C10H14O3/c1-5-7-8-9-11(6-2)10(3)4;1-4-5-6-7-8-9-10-11(2)3;1-3-4-5-6-7-8-9-13-10(11)12-2/h5-11H,2H2,1,3-4H3;4-9,11H,10H2,1-3H3;3-8H,9H2,1-2H3/b7-5+,9-8+;5-4+,7-6+,9-8+;4-3+,6-5+,8-7+. The van der Waals surface area contributed by atoms with E-state index >= 15 is 0 Å². The van der Waals surface area contributed by atoms with Crippen LogP contribution in [0.1, 0.15) is 54.9 Å². The third-order valence-corrected chi connectivity index (χ3v) is 4.07. The van der Waals surface area contributed by atoms with Gasteiger partial charge in [-0.15, -0.1) is 6.58 Å². The number of hydrogen-bond acceptors (Lipinski definition) is 3. The molecular weight excluding hydrogens is 432 g/mol. The lowest BCUT2D eigenvalue weighted by Crippen LogP contribution is -2.03. The first-order chi connectivity index (χ1) is 16.8. The van der Waals surface area contributed by atoms with Gasteiger partial charge in [-0.3, -0.25) is 0 Å². The van der Waals surface area contributed by atoms with Gasteiger partial charge >= 0.3 is 6.16 Å². The average Bonchev–Trinajstić information content (AvgIpc) is 2.83. The van der Waals surface area contributed by atoms with E-state index in [2.05, 4.69) is 74.1 Å². The summed E-state index contributed by atoms with van der Waals surface area (Å²) in [5.41, 5.74) is 0. The van der Waals surface area contributed by atoms with Crippen LogP contribution in [0.25, 0.3) is 0 Å². The van der Waals surface area contributed by atoms with Crippen LogP contribution in [0.3, 0.4) is 0 Å². The fraction of sp³-hybridized carbons (Fsp3) is 0.406. The number of carbonyl (C=O) groups excluding carboxylic acids is 1. The van der Waals surface area contributed by atoms with Crippen LogP contribution in [0.2, 0.25) is 0 Å². The Morgan fingerprint density at radius 2 is 1.23 bits per heavy atom. The Kier molecular flexibility index (Phi) is 32.3. The largest absolute Gasteiger partial charge is 0.508 e. The molecule has 0 aliphatic heterocycles. The van der Waals surface area contributed by atoms with E-state index in [1.165, 1.54) is 13.5 Å². The minimum Gasteiger partial charge on any atom is -0.438 e. The Morgan fingerprint density at radius 1 is 0.743 bits per heavy atom. The van der Waals surface area contributed by atoms with Crippen LogP contribution in [0.5, 0.6) is 0 Å². The van der Waals surface area contributed by atoms with E-state index in [1.807, 2.05) is 81.5 Å². The minimum absolute atomic E-state index is 0.229. The highest BCUT2D eigenvalue weighted by molar-refractivity contribution is 5.59. The van der Waals surface area contributed by atoms with Gasteiger partial charge in [0.05, 0.1) is 7.11 Å². The van der Waals surface area contributed by atoms with Gasteiger partial charge in [0.1, 0.15) is 6.61 Å². The van der Waals surface area contributed by atoms with Gasteiger partial charge in [0, 0.05) is 0 Å². The minimum atomic E-state index is -0.665. The zero-order valence-electron chi connectivity index (χ0n) is 23.4. The smallest absolute Gasteiger partial charge is 0.438 e. The van der Waals surface area contributed by atoms with E-state index in [0.717, 1.165) is 5.92 Å². The molecule has 0 rings (SSSR count). The van der Waals surface area contributed by atoms with Gasteiger partial charge in [-0.2, -0.15) is 0 Å². The molecule has 0 aliphatic rings. The van der Waals surface area contributed by atoms with Crippen molar-refractivity contribution >= 4 is 6.16 Å². The molecule has 0 radical (unpaired) electrons. The van der Waals surface area contributed by atoms with Crippen LogP contribution in [-0.4, -0.2) is 19.9 Å². The predicted molar refractivity (Wildman–Crippen MR) is 156 cm³/mol. The van der Waals surface area contributed by atoms with E-state index in [9.17, 15) is 4.79 Å². The van der Waals surface area contributed by atoms with Crippen LogP contribution in [-0.2, 0) is 9.47 Å². The third kappa shape index (κ3) is 35.7. The second-order valence-electron chi connectivity index (χ2n) is 8.04. The topological polar surface area (TPSA) is 35.5 Å². The molecule has 0 saturated carbocycles. The number of allylic oxidation sites excluding steroid dienone is 16. The fourth-order valence-corrected chi connectivity index (χ4v) is 2.09. The molecule has 0 N–H and O–H groups in total. The maximum atomic E-state index is 10.4. The number of ether oxygens (including phenoxy) is 2. The molecule has 0 bridgehead atoms. The second kappa shape index (κ2) is 30.9. The van der Waals surface area contributed by atoms with Crippen molar-refractivity contribution in [3.63, 3.8) is 0 Å². The van der Waals surface area contributed by atoms with Gasteiger partial charge in [-0.1, -0.05) is 125 Å². The summed E-state index contributed by atoms with van der Waals surface area (Å²) < 4.78 is 8.87. The van der Waals surface area contributed by atoms with E-state index in [-0.39, 0.29) is 6.61 Å². The summed E-state index contributed by atoms with van der Waals surface area (Å²) in [6.07, 6.45) is 34.3. The first-order valence-corrected chi connectivity index (χ1v) is 12.3. The van der Waals surface area contributed by atoms with E-state index in [4.69, 9.17) is 0 Å². The Hall–Kier alpha value is -3.07. The molecule has 0 fully saturated rings.